The van der Waals surface area contributed by atoms with Crippen LogP contribution < -0.4 is 4.74 Å². The number of amides is 1. The normalized spacial score (nSPS) is 16.0. The molecule has 148 valence electrons. The maximum Gasteiger partial charge on any atom is 0.335 e. The van der Waals surface area contributed by atoms with E-state index in [1.807, 2.05) is 29.2 Å². The van der Waals surface area contributed by atoms with Crippen molar-refractivity contribution in [2.24, 2.45) is 0 Å². The van der Waals surface area contributed by atoms with Gasteiger partial charge in [-0.1, -0.05) is 24.3 Å². The Morgan fingerprint density at radius 2 is 1.96 bits per heavy atom. The van der Waals surface area contributed by atoms with Crippen molar-refractivity contribution in [3.8, 4) is 5.75 Å². The van der Waals surface area contributed by atoms with Gasteiger partial charge in [0.15, 0.2) is 0 Å². The highest BCUT2D eigenvalue weighted by molar-refractivity contribution is 5.87. The van der Waals surface area contributed by atoms with Crippen LogP contribution in [-0.2, 0) is 22.5 Å². The number of methoxy groups -OCH3 is 1. The molecule has 0 aliphatic carbocycles. The van der Waals surface area contributed by atoms with Crippen molar-refractivity contribution in [1.82, 2.24) is 4.90 Å². The summed E-state index contributed by atoms with van der Waals surface area (Å²) in [6, 6.07) is 14.1. The predicted molar refractivity (Wildman–Crippen MR) is 104 cm³/mol. The van der Waals surface area contributed by atoms with Crippen molar-refractivity contribution in [1.29, 1.82) is 0 Å². The Morgan fingerprint density at radius 3 is 2.61 bits per heavy atom. The molecule has 1 amide bonds. The number of hydrogen-bond acceptors (Lipinski definition) is 4. The van der Waals surface area contributed by atoms with Gasteiger partial charge in [-0.25, -0.2) is 4.79 Å². The summed E-state index contributed by atoms with van der Waals surface area (Å²) < 4.78 is 11.0. The number of carbonyl (C=O) groups is 2. The van der Waals surface area contributed by atoms with Crippen LogP contribution in [-0.4, -0.2) is 48.2 Å². The Balaban J connectivity index is 1.72. The van der Waals surface area contributed by atoms with Crippen LogP contribution in [0.1, 0.15) is 34.3 Å². The number of ether oxygens (including phenoxy) is 2. The van der Waals surface area contributed by atoms with Crippen LogP contribution in [0.2, 0.25) is 0 Å². The zero-order valence-electron chi connectivity index (χ0n) is 16.0. The van der Waals surface area contributed by atoms with Crippen LogP contribution in [0.15, 0.2) is 48.5 Å². The summed E-state index contributed by atoms with van der Waals surface area (Å²) in [5.41, 5.74) is 1.99. The molecule has 1 fully saturated rings. The van der Waals surface area contributed by atoms with E-state index in [4.69, 9.17) is 14.6 Å². The van der Waals surface area contributed by atoms with Crippen LogP contribution in [0.25, 0.3) is 0 Å². The molecule has 6 nitrogen and oxygen atoms in total. The highest BCUT2D eigenvalue weighted by Crippen LogP contribution is 2.19. The molecule has 0 saturated carbocycles. The number of hydrogen-bond donors (Lipinski definition) is 1. The molecule has 1 saturated heterocycles. The summed E-state index contributed by atoms with van der Waals surface area (Å²) in [6.07, 6.45) is 2.25. The molecule has 0 spiro atoms. The Bertz CT molecular complexity index is 812. The third-order valence-electron chi connectivity index (χ3n) is 4.86. The van der Waals surface area contributed by atoms with Gasteiger partial charge in [0.2, 0.25) is 5.91 Å². The molecule has 3 rings (SSSR count). The summed E-state index contributed by atoms with van der Waals surface area (Å²) in [6.45, 7) is 1.76. The van der Waals surface area contributed by atoms with Crippen LogP contribution in [0.5, 0.6) is 5.75 Å². The summed E-state index contributed by atoms with van der Waals surface area (Å²) in [5.74, 6) is -0.233. The van der Waals surface area contributed by atoms with Gasteiger partial charge in [-0.15, -0.1) is 0 Å². The van der Waals surface area contributed by atoms with Crippen molar-refractivity contribution in [3.63, 3.8) is 0 Å². The summed E-state index contributed by atoms with van der Waals surface area (Å²) in [4.78, 5) is 25.8. The summed E-state index contributed by atoms with van der Waals surface area (Å²) >= 11 is 0. The average Bonchev–Trinajstić information content (AvgIpc) is 3.21. The fourth-order valence-electron chi connectivity index (χ4n) is 3.33. The number of aromatic carboxylic acids is 1. The molecule has 28 heavy (non-hydrogen) atoms. The molecular weight excluding hydrogens is 358 g/mol. The second-order valence-electron chi connectivity index (χ2n) is 6.94. The zero-order chi connectivity index (χ0) is 19.9. The van der Waals surface area contributed by atoms with E-state index >= 15 is 0 Å². The van der Waals surface area contributed by atoms with Crippen molar-refractivity contribution in [2.75, 3.05) is 20.3 Å². The SMILES string of the molecule is COc1cccc(CN(CC2CCCO2)C(=O)Cc2ccc(C(=O)O)cc2)c1. The third kappa shape index (κ3) is 5.33. The number of carbonyl (C=O) groups excluding carboxylic acids is 1. The molecule has 1 atom stereocenters. The first-order valence-corrected chi connectivity index (χ1v) is 9.39. The van der Waals surface area contributed by atoms with E-state index in [-0.39, 0.29) is 24.0 Å². The molecule has 1 heterocycles. The van der Waals surface area contributed by atoms with Gasteiger partial charge < -0.3 is 19.5 Å². The van der Waals surface area contributed by atoms with E-state index < -0.39 is 5.97 Å². The van der Waals surface area contributed by atoms with E-state index in [9.17, 15) is 9.59 Å². The highest BCUT2D eigenvalue weighted by atomic mass is 16.5. The van der Waals surface area contributed by atoms with E-state index in [2.05, 4.69) is 0 Å². The molecule has 2 aromatic rings. The number of carboxylic acids is 1. The molecule has 0 aromatic heterocycles. The molecule has 2 aromatic carbocycles. The summed E-state index contributed by atoms with van der Waals surface area (Å²) in [7, 11) is 1.62. The van der Waals surface area contributed by atoms with Crippen molar-refractivity contribution in [3.05, 3.63) is 65.2 Å². The van der Waals surface area contributed by atoms with E-state index in [0.717, 1.165) is 36.3 Å². The first kappa shape index (κ1) is 19.9. The van der Waals surface area contributed by atoms with Gasteiger partial charge >= 0.3 is 5.97 Å². The number of benzene rings is 2. The fraction of sp³-hybridized carbons (Fsp3) is 0.364. The van der Waals surface area contributed by atoms with Crippen LogP contribution in [0, 0.1) is 0 Å². The van der Waals surface area contributed by atoms with Crippen LogP contribution in [0.3, 0.4) is 0 Å². The van der Waals surface area contributed by atoms with Gasteiger partial charge in [0.25, 0.3) is 0 Å². The number of rotatable bonds is 8. The lowest BCUT2D eigenvalue weighted by atomic mass is 10.1. The largest absolute Gasteiger partial charge is 0.497 e. The van der Waals surface area contributed by atoms with E-state index in [0.29, 0.717) is 13.1 Å². The summed E-state index contributed by atoms with van der Waals surface area (Å²) in [5, 5.41) is 9.01. The fourth-order valence-corrected chi connectivity index (χ4v) is 3.33. The maximum absolute atomic E-state index is 13.0. The zero-order valence-corrected chi connectivity index (χ0v) is 16.0. The Morgan fingerprint density at radius 1 is 1.18 bits per heavy atom. The molecule has 1 aliphatic heterocycles. The minimum Gasteiger partial charge on any atom is -0.497 e. The minimum atomic E-state index is -0.976. The smallest absolute Gasteiger partial charge is 0.335 e. The third-order valence-corrected chi connectivity index (χ3v) is 4.86. The lowest BCUT2D eigenvalue weighted by molar-refractivity contribution is -0.132. The molecule has 1 unspecified atom stereocenters. The van der Waals surface area contributed by atoms with Gasteiger partial charge in [0.1, 0.15) is 5.75 Å². The molecule has 1 aliphatic rings. The Hall–Kier alpha value is -2.86. The molecule has 6 heteroatoms. The molecular formula is C22H25NO5. The van der Waals surface area contributed by atoms with Crippen molar-refractivity contribution < 1.29 is 24.2 Å². The Labute approximate surface area is 164 Å². The van der Waals surface area contributed by atoms with Crippen LogP contribution in [0.4, 0.5) is 0 Å². The van der Waals surface area contributed by atoms with Crippen molar-refractivity contribution in [2.45, 2.75) is 31.9 Å². The quantitative estimate of drug-likeness (QED) is 0.758. The van der Waals surface area contributed by atoms with E-state index in [1.54, 1.807) is 19.2 Å². The first-order chi connectivity index (χ1) is 13.5. The van der Waals surface area contributed by atoms with Gasteiger partial charge in [-0.05, 0) is 48.2 Å². The second-order valence-corrected chi connectivity index (χ2v) is 6.94. The highest BCUT2D eigenvalue weighted by Gasteiger charge is 2.23. The lowest BCUT2D eigenvalue weighted by Crippen LogP contribution is -2.37. The number of nitrogens with zero attached hydrogens (tertiary/aromatic N) is 1. The Kier molecular flexibility index (Phi) is 6.66. The van der Waals surface area contributed by atoms with Gasteiger partial charge in [-0.3, -0.25) is 4.79 Å². The maximum atomic E-state index is 13.0. The van der Waals surface area contributed by atoms with Gasteiger partial charge in [-0.2, -0.15) is 0 Å². The van der Waals surface area contributed by atoms with E-state index in [1.165, 1.54) is 12.1 Å². The number of carboxylic acid groups (broad SMARTS) is 1. The molecule has 1 N–H and O–H groups in total. The minimum absolute atomic E-state index is 0.0126. The standard InChI is InChI=1S/C22H25NO5/c1-27-19-5-2-4-17(12-19)14-23(15-20-6-3-11-28-20)21(24)13-16-7-9-18(10-8-16)22(25)26/h2,4-5,7-10,12,20H,3,6,11,13-15H2,1H3,(H,25,26). The molecule has 0 bridgehead atoms. The lowest BCUT2D eigenvalue weighted by Gasteiger charge is -2.26. The topological polar surface area (TPSA) is 76.1 Å². The average molecular weight is 383 g/mol. The van der Waals surface area contributed by atoms with Crippen LogP contribution >= 0.6 is 0 Å². The first-order valence-electron chi connectivity index (χ1n) is 9.39. The second kappa shape index (κ2) is 9.37. The van der Waals surface area contributed by atoms with Gasteiger partial charge in [0.05, 0.1) is 25.2 Å². The molecule has 0 radical (unpaired) electrons. The van der Waals surface area contributed by atoms with Crippen molar-refractivity contribution >= 4 is 11.9 Å². The predicted octanol–water partition coefficient (Wildman–Crippen LogP) is 3.14. The van der Waals surface area contributed by atoms with Gasteiger partial charge in [0, 0.05) is 19.7 Å². The monoisotopic (exact) mass is 383 g/mol.